The minimum atomic E-state index is 1.28. The smallest absolute Gasteiger partial charge is 0.0326 e. The van der Waals surface area contributed by atoms with E-state index in [1.807, 2.05) is 0 Å². The van der Waals surface area contributed by atoms with Crippen molar-refractivity contribution in [2.24, 2.45) is 0 Å². The summed E-state index contributed by atoms with van der Waals surface area (Å²) in [5.74, 6) is 0. The summed E-state index contributed by atoms with van der Waals surface area (Å²) in [5, 5.41) is 0. The molecule has 0 aromatic heterocycles. The molecule has 0 rings (SSSR count). The highest BCUT2D eigenvalue weighted by Crippen LogP contribution is 2.06. The molecule has 0 saturated carbocycles. The maximum absolute atomic E-state index is 2.38. The van der Waals surface area contributed by atoms with E-state index in [9.17, 15) is 0 Å². The van der Waals surface area contributed by atoms with Gasteiger partial charge in [-0.15, -0.1) is 0 Å². The lowest BCUT2D eigenvalue weighted by Gasteiger charge is -1.96. The van der Waals surface area contributed by atoms with Crippen molar-refractivity contribution in [3.8, 4) is 0 Å². The number of unbranched alkanes of at least 4 members (excludes halogenated alkanes) is 2. The van der Waals surface area contributed by atoms with Crippen LogP contribution in [0, 0.1) is 0 Å². The second-order valence-corrected chi connectivity index (χ2v) is 2.94. The van der Waals surface area contributed by atoms with Crippen molar-refractivity contribution in [1.82, 2.24) is 0 Å². The van der Waals surface area contributed by atoms with Gasteiger partial charge in [-0.25, -0.2) is 0 Å². The Kier molecular flexibility index (Phi) is 6.68. The van der Waals surface area contributed by atoms with Crippen LogP contribution in [-0.2, 0) is 0 Å². The van der Waals surface area contributed by atoms with Crippen molar-refractivity contribution >= 4 is 0 Å². The van der Waals surface area contributed by atoms with Gasteiger partial charge in [0.2, 0.25) is 0 Å². The minimum absolute atomic E-state index is 1.28. The molecule has 0 bridgehead atoms. The van der Waals surface area contributed by atoms with Crippen molar-refractivity contribution in [3.63, 3.8) is 0 Å². The van der Waals surface area contributed by atoms with Gasteiger partial charge in [0.15, 0.2) is 0 Å². The van der Waals surface area contributed by atoms with Gasteiger partial charge in [-0.1, -0.05) is 44.8 Å². The molecule has 0 aliphatic rings. The van der Waals surface area contributed by atoms with E-state index in [1.165, 1.54) is 32.1 Å². The maximum Gasteiger partial charge on any atom is -0.0326 e. The summed E-state index contributed by atoms with van der Waals surface area (Å²) in [6.07, 6.45) is 8.89. The SMILES string of the molecule is CCCCC=C(C)CCC. The Labute approximate surface area is 65.3 Å². The molecule has 0 atom stereocenters. The first-order valence-corrected chi connectivity index (χ1v) is 4.46. The molecule has 0 amide bonds. The molecule has 10 heavy (non-hydrogen) atoms. The molecule has 0 heterocycles. The Balaban J connectivity index is 3.28. The van der Waals surface area contributed by atoms with E-state index in [0.717, 1.165) is 0 Å². The molecule has 60 valence electrons. The van der Waals surface area contributed by atoms with E-state index in [4.69, 9.17) is 0 Å². The number of hydrogen-bond acceptors (Lipinski definition) is 0. The van der Waals surface area contributed by atoms with Gasteiger partial charge in [-0.3, -0.25) is 0 Å². The largest absolute Gasteiger partial charge is 0.0856 e. The van der Waals surface area contributed by atoms with Gasteiger partial charge in [-0.2, -0.15) is 0 Å². The van der Waals surface area contributed by atoms with E-state index >= 15 is 0 Å². The van der Waals surface area contributed by atoms with Gasteiger partial charge in [0.05, 0.1) is 0 Å². The number of allylic oxidation sites excluding steroid dienone is 2. The summed E-state index contributed by atoms with van der Waals surface area (Å²) in [4.78, 5) is 0. The monoisotopic (exact) mass is 140 g/mol. The molecule has 0 fully saturated rings. The minimum Gasteiger partial charge on any atom is -0.0856 e. The summed E-state index contributed by atoms with van der Waals surface area (Å²) in [5.41, 5.74) is 1.57. The van der Waals surface area contributed by atoms with Crippen molar-refractivity contribution in [2.45, 2.75) is 52.9 Å². The van der Waals surface area contributed by atoms with E-state index < -0.39 is 0 Å². The molecule has 0 saturated heterocycles. The van der Waals surface area contributed by atoms with Crippen LogP contribution in [0.2, 0.25) is 0 Å². The normalized spacial score (nSPS) is 12.1. The fraction of sp³-hybridized carbons (Fsp3) is 0.800. The summed E-state index contributed by atoms with van der Waals surface area (Å²) in [7, 11) is 0. The van der Waals surface area contributed by atoms with Crippen LogP contribution in [0.3, 0.4) is 0 Å². The molecule has 0 spiro atoms. The van der Waals surface area contributed by atoms with Crippen LogP contribution in [-0.4, -0.2) is 0 Å². The lowest BCUT2D eigenvalue weighted by Crippen LogP contribution is -1.75. The summed E-state index contributed by atoms with van der Waals surface area (Å²) in [6.45, 7) is 6.71. The summed E-state index contributed by atoms with van der Waals surface area (Å²) in [6, 6.07) is 0. The van der Waals surface area contributed by atoms with Crippen LogP contribution < -0.4 is 0 Å². The third-order valence-electron chi connectivity index (χ3n) is 1.69. The van der Waals surface area contributed by atoms with Gasteiger partial charge < -0.3 is 0 Å². The maximum atomic E-state index is 2.38. The molecular weight excluding hydrogens is 120 g/mol. The number of hydrogen-bond donors (Lipinski definition) is 0. The summed E-state index contributed by atoms with van der Waals surface area (Å²) >= 11 is 0. The zero-order valence-electron chi connectivity index (χ0n) is 7.61. The summed E-state index contributed by atoms with van der Waals surface area (Å²) < 4.78 is 0. The molecule has 0 nitrogen and oxygen atoms in total. The van der Waals surface area contributed by atoms with Crippen LogP contribution >= 0.6 is 0 Å². The highest BCUT2D eigenvalue weighted by Gasteiger charge is 1.85. The Morgan fingerprint density at radius 1 is 1.20 bits per heavy atom. The van der Waals surface area contributed by atoms with Crippen LogP contribution in [0.25, 0.3) is 0 Å². The van der Waals surface area contributed by atoms with Crippen LogP contribution in [0.15, 0.2) is 11.6 Å². The lowest BCUT2D eigenvalue weighted by atomic mass is 10.1. The Hall–Kier alpha value is -0.260. The molecule has 0 N–H and O–H groups in total. The molecule has 0 radical (unpaired) electrons. The molecule has 0 heteroatoms. The number of rotatable bonds is 5. The predicted molar refractivity (Wildman–Crippen MR) is 48.2 cm³/mol. The van der Waals surface area contributed by atoms with Gasteiger partial charge >= 0.3 is 0 Å². The molecule has 0 aromatic rings. The van der Waals surface area contributed by atoms with Gasteiger partial charge in [-0.05, 0) is 19.8 Å². The first kappa shape index (κ1) is 9.74. The molecule has 0 aliphatic carbocycles. The average Bonchev–Trinajstić information content (AvgIpc) is 1.89. The van der Waals surface area contributed by atoms with E-state index in [1.54, 1.807) is 5.57 Å². The van der Waals surface area contributed by atoms with Gasteiger partial charge in [0.1, 0.15) is 0 Å². The quantitative estimate of drug-likeness (QED) is 0.401. The van der Waals surface area contributed by atoms with Gasteiger partial charge in [0.25, 0.3) is 0 Å². The van der Waals surface area contributed by atoms with Gasteiger partial charge in [0, 0.05) is 0 Å². The average molecular weight is 140 g/mol. The topological polar surface area (TPSA) is 0 Å². The van der Waals surface area contributed by atoms with Crippen LogP contribution in [0.4, 0.5) is 0 Å². The fourth-order valence-corrected chi connectivity index (χ4v) is 1.05. The molecular formula is C10H20. The fourth-order valence-electron chi connectivity index (χ4n) is 1.05. The first-order valence-electron chi connectivity index (χ1n) is 4.46. The van der Waals surface area contributed by atoms with Crippen molar-refractivity contribution < 1.29 is 0 Å². The second kappa shape index (κ2) is 6.85. The van der Waals surface area contributed by atoms with E-state index in [2.05, 4.69) is 26.8 Å². The third kappa shape index (κ3) is 5.87. The van der Waals surface area contributed by atoms with Crippen LogP contribution in [0.5, 0.6) is 0 Å². The van der Waals surface area contributed by atoms with Crippen LogP contribution in [0.1, 0.15) is 52.9 Å². The Morgan fingerprint density at radius 3 is 2.40 bits per heavy atom. The second-order valence-electron chi connectivity index (χ2n) is 2.94. The third-order valence-corrected chi connectivity index (χ3v) is 1.69. The van der Waals surface area contributed by atoms with Crippen molar-refractivity contribution in [3.05, 3.63) is 11.6 Å². The highest BCUT2D eigenvalue weighted by molar-refractivity contribution is 4.96. The highest BCUT2D eigenvalue weighted by atomic mass is 13.9. The van der Waals surface area contributed by atoms with Crippen molar-refractivity contribution in [2.75, 3.05) is 0 Å². The molecule has 0 aliphatic heterocycles. The Morgan fingerprint density at radius 2 is 1.90 bits per heavy atom. The zero-order chi connectivity index (χ0) is 7.82. The van der Waals surface area contributed by atoms with E-state index in [-0.39, 0.29) is 0 Å². The lowest BCUT2D eigenvalue weighted by molar-refractivity contribution is 0.800. The Bertz CT molecular complexity index is 90.2. The first-order chi connectivity index (χ1) is 4.81. The standard InChI is InChI=1S/C10H20/c1-4-6-7-9-10(3)8-5-2/h9H,4-8H2,1-3H3. The predicted octanol–water partition coefficient (Wildman–Crippen LogP) is 3.92. The van der Waals surface area contributed by atoms with Crippen molar-refractivity contribution in [1.29, 1.82) is 0 Å². The van der Waals surface area contributed by atoms with E-state index in [0.29, 0.717) is 0 Å². The molecule has 0 aromatic carbocycles. The molecule has 0 unspecified atom stereocenters. The zero-order valence-corrected chi connectivity index (χ0v) is 7.61.